The van der Waals surface area contributed by atoms with E-state index in [2.05, 4.69) is 50.4 Å². The van der Waals surface area contributed by atoms with E-state index in [9.17, 15) is 4.79 Å². The minimum absolute atomic E-state index is 0.118. The van der Waals surface area contributed by atoms with Crippen LogP contribution in [0.15, 0.2) is 24.3 Å². The molecule has 1 aliphatic rings. The summed E-state index contributed by atoms with van der Waals surface area (Å²) in [5.74, 6) is 1.01. The van der Waals surface area contributed by atoms with Gasteiger partial charge >= 0.3 is 0 Å². The van der Waals surface area contributed by atoms with E-state index in [-0.39, 0.29) is 5.92 Å². The first-order chi connectivity index (χ1) is 10.1. The first-order valence-electron chi connectivity index (χ1n) is 8.16. The summed E-state index contributed by atoms with van der Waals surface area (Å²) >= 11 is 0. The Bertz CT molecular complexity index is 447. The van der Waals surface area contributed by atoms with E-state index >= 15 is 0 Å². The first-order valence-corrected chi connectivity index (χ1v) is 8.16. The quantitative estimate of drug-likeness (QED) is 0.903. The Morgan fingerprint density at radius 3 is 2.33 bits per heavy atom. The van der Waals surface area contributed by atoms with Gasteiger partial charge in [0.15, 0.2) is 0 Å². The van der Waals surface area contributed by atoms with Crippen molar-refractivity contribution >= 4 is 5.91 Å². The molecule has 1 aliphatic heterocycles. The zero-order valence-corrected chi connectivity index (χ0v) is 13.6. The van der Waals surface area contributed by atoms with Crippen LogP contribution in [0.5, 0.6) is 0 Å². The van der Waals surface area contributed by atoms with E-state index in [1.54, 1.807) is 0 Å². The molecule has 2 rings (SSSR count). The van der Waals surface area contributed by atoms with E-state index < -0.39 is 0 Å². The molecule has 3 heteroatoms. The lowest BCUT2D eigenvalue weighted by atomic mass is 9.97. The van der Waals surface area contributed by atoms with Crippen LogP contribution in [0.3, 0.4) is 0 Å². The largest absolute Gasteiger partial charge is 0.340 e. The highest BCUT2D eigenvalue weighted by Gasteiger charge is 2.21. The summed E-state index contributed by atoms with van der Waals surface area (Å²) in [6.45, 7) is 10.0. The highest BCUT2D eigenvalue weighted by atomic mass is 16.2. The van der Waals surface area contributed by atoms with Crippen molar-refractivity contribution in [3.63, 3.8) is 0 Å². The topological polar surface area (TPSA) is 32.3 Å². The van der Waals surface area contributed by atoms with Crippen LogP contribution in [0.2, 0.25) is 0 Å². The van der Waals surface area contributed by atoms with E-state index in [1.165, 1.54) is 11.1 Å². The Morgan fingerprint density at radius 1 is 1.14 bits per heavy atom. The number of rotatable bonds is 5. The van der Waals surface area contributed by atoms with Gasteiger partial charge in [0.25, 0.3) is 0 Å². The van der Waals surface area contributed by atoms with E-state index in [1.807, 2.05) is 4.90 Å². The number of piperazine rings is 1. The van der Waals surface area contributed by atoms with Gasteiger partial charge in [-0.2, -0.15) is 0 Å². The molecular formula is C18H28N2O. The molecule has 1 aromatic rings. The number of hydrogen-bond donors (Lipinski definition) is 1. The van der Waals surface area contributed by atoms with Crippen LogP contribution in [0.1, 0.15) is 44.2 Å². The molecule has 0 radical (unpaired) electrons. The highest BCUT2D eigenvalue weighted by Crippen LogP contribution is 2.17. The molecule has 3 nitrogen and oxygen atoms in total. The van der Waals surface area contributed by atoms with Crippen molar-refractivity contribution in [3.8, 4) is 0 Å². The van der Waals surface area contributed by atoms with Gasteiger partial charge < -0.3 is 10.2 Å². The van der Waals surface area contributed by atoms with Crippen LogP contribution in [0, 0.1) is 5.92 Å². The molecule has 0 aromatic heterocycles. The Hall–Kier alpha value is -1.35. The summed E-state index contributed by atoms with van der Waals surface area (Å²) in [5, 5.41) is 3.29. The molecule has 1 N–H and O–H groups in total. The van der Waals surface area contributed by atoms with Crippen molar-refractivity contribution in [1.82, 2.24) is 10.2 Å². The fourth-order valence-corrected chi connectivity index (χ4v) is 2.77. The molecule has 1 amide bonds. The standard InChI is InChI=1S/C18H28N2O/c1-14(2)17-8-6-16(7-9-17)5-4-15(3)18(21)20-12-10-19-11-13-20/h6-9,14-15,19H,4-5,10-13H2,1-3H3. The molecule has 116 valence electrons. The molecule has 0 spiro atoms. The summed E-state index contributed by atoms with van der Waals surface area (Å²) in [7, 11) is 0. The predicted molar refractivity (Wildman–Crippen MR) is 87.5 cm³/mol. The number of amides is 1. The van der Waals surface area contributed by atoms with Gasteiger partial charge in [-0.25, -0.2) is 0 Å². The minimum atomic E-state index is 0.118. The predicted octanol–water partition coefficient (Wildman–Crippen LogP) is 2.81. The van der Waals surface area contributed by atoms with Crippen LogP contribution >= 0.6 is 0 Å². The Morgan fingerprint density at radius 2 is 1.76 bits per heavy atom. The lowest BCUT2D eigenvalue weighted by molar-refractivity contribution is -0.135. The van der Waals surface area contributed by atoms with Crippen molar-refractivity contribution < 1.29 is 4.79 Å². The number of nitrogens with zero attached hydrogens (tertiary/aromatic N) is 1. The van der Waals surface area contributed by atoms with E-state index in [0.717, 1.165) is 39.0 Å². The van der Waals surface area contributed by atoms with Gasteiger partial charge in [0.1, 0.15) is 0 Å². The second-order valence-corrected chi connectivity index (χ2v) is 6.41. The monoisotopic (exact) mass is 288 g/mol. The number of carbonyl (C=O) groups excluding carboxylic acids is 1. The SMILES string of the molecule is CC(CCc1ccc(C(C)C)cc1)C(=O)N1CCNCC1. The van der Waals surface area contributed by atoms with Crippen molar-refractivity contribution in [1.29, 1.82) is 0 Å². The summed E-state index contributed by atoms with van der Waals surface area (Å²) in [6.07, 6.45) is 1.92. The number of carbonyl (C=O) groups is 1. The number of aryl methyl sites for hydroxylation is 1. The molecule has 1 aromatic carbocycles. The molecule has 1 unspecified atom stereocenters. The Labute approximate surface area is 128 Å². The van der Waals surface area contributed by atoms with Gasteiger partial charge in [-0.05, 0) is 29.9 Å². The molecule has 0 aliphatic carbocycles. The summed E-state index contributed by atoms with van der Waals surface area (Å²) in [6, 6.07) is 8.83. The Kier molecular flexibility index (Phi) is 5.80. The summed E-state index contributed by atoms with van der Waals surface area (Å²) in [5.41, 5.74) is 2.71. The number of benzene rings is 1. The molecule has 1 fully saturated rings. The fourth-order valence-electron chi connectivity index (χ4n) is 2.77. The summed E-state index contributed by atoms with van der Waals surface area (Å²) in [4.78, 5) is 14.4. The normalized spacial score (nSPS) is 17.0. The molecule has 1 saturated heterocycles. The molecule has 0 saturated carbocycles. The van der Waals surface area contributed by atoms with Crippen LogP contribution < -0.4 is 5.32 Å². The third-order valence-corrected chi connectivity index (χ3v) is 4.36. The maximum Gasteiger partial charge on any atom is 0.225 e. The van der Waals surface area contributed by atoms with Crippen LogP contribution in [0.4, 0.5) is 0 Å². The van der Waals surface area contributed by atoms with Crippen LogP contribution in [-0.4, -0.2) is 37.0 Å². The van der Waals surface area contributed by atoms with Gasteiger partial charge in [-0.15, -0.1) is 0 Å². The second kappa shape index (κ2) is 7.60. The maximum atomic E-state index is 12.4. The van der Waals surface area contributed by atoms with Crippen molar-refractivity contribution in [2.45, 2.75) is 39.5 Å². The zero-order valence-electron chi connectivity index (χ0n) is 13.6. The lowest BCUT2D eigenvalue weighted by Crippen LogP contribution is -2.48. The first kappa shape index (κ1) is 16.0. The Balaban J connectivity index is 1.82. The molecule has 1 heterocycles. The molecule has 1 atom stereocenters. The van der Waals surface area contributed by atoms with Crippen molar-refractivity contribution in [2.75, 3.05) is 26.2 Å². The molecular weight excluding hydrogens is 260 g/mol. The van der Waals surface area contributed by atoms with Crippen molar-refractivity contribution in [3.05, 3.63) is 35.4 Å². The van der Waals surface area contributed by atoms with Crippen LogP contribution in [0.25, 0.3) is 0 Å². The zero-order chi connectivity index (χ0) is 15.2. The average molecular weight is 288 g/mol. The smallest absolute Gasteiger partial charge is 0.225 e. The molecule has 0 bridgehead atoms. The van der Waals surface area contributed by atoms with Gasteiger partial charge in [0.2, 0.25) is 5.91 Å². The third kappa shape index (κ3) is 4.57. The van der Waals surface area contributed by atoms with Gasteiger partial charge in [-0.3, -0.25) is 4.79 Å². The number of nitrogens with one attached hydrogen (secondary N) is 1. The molecule has 21 heavy (non-hydrogen) atoms. The third-order valence-electron chi connectivity index (χ3n) is 4.36. The average Bonchev–Trinajstić information content (AvgIpc) is 2.53. The van der Waals surface area contributed by atoms with Gasteiger partial charge in [0, 0.05) is 32.1 Å². The van der Waals surface area contributed by atoms with Crippen LogP contribution in [-0.2, 0) is 11.2 Å². The van der Waals surface area contributed by atoms with Crippen molar-refractivity contribution in [2.24, 2.45) is 5.92 Å². The lowest BCUT2D eigenvalue weighted by Gasteiger charge is -2.29. The fraction of sp³-hybridized carbons (Fsp3) is 0.611. The van der Waals surface area contributed by atoms with E-state index in [0.29, 0.717) is 11.8 Å². The van der Waals surface area contributed by atoms with Gasteiger partial charge in [-0.1, -0.05) is 45.0 Å². The van der Waals surface area contributed by atoms with Gasteiger partial charge in [0.05, 0.1) is 0 Å². The summed E-state index contributed by atoms with van der Waals surface area (Å²) < 4.78 is 0. The second-order valence-electron chi connectivity index (χ2n) is 6.41. The minimum Gasteiger partial charge on any atom is -0.340 e. The highest BCUT2D eigenvalue weighted by molar-refractivity contribution is 5.78. The maximum absolute atomic E-state index is 12.4. The van der Waals surface area contributed by atoms with E-state index in [4.69, 9.17) is 0 Å². The number of hydrogen-bond acceptors (Lipinski definition) is 2.